The topological polar surface area (TPSA) is 107 Å². The van der Waals surface area contributed by atoms with Crippen molar-refractivity contribution in [3.8, 4) is 0 Å². The van der Waals surface area contributed by atoms with Gasteiger partial charge in [-0.2, -0.15) is 0 Å². The third kappa shape index (κ3) is 6.27. The zero-order valence-corrected chi connectivity index (χ0v) is 15.5. The first-order valence-electron chi connectivity index (χ1n) is 10.0. The second kappa shape index (κ2) is 10.5. The number of carbonyl (C=O) groups is 3. The molecule has 0 bridgehead atoms. The summed E-state index contributed by atoms with van der Waals surface area (Å²) in [7, 11) is 0. The number of urea groups is 1. The molecule has 26 heavy (non-hydrogen) atoms. The van der Waals surface area contributed by atoms with Gasteiger partial charge in [0, 0.05) is 6.42 Å². The van der Waals surface area contributed by atoms with E-state index in [1.807, 2.05) is 0 Å². The highest BCUT2D eigenvalue weighted by molar-refractivity contribution is 6.04. The van der Waals surface area contributed by atoms with E-state index in [1.165, 1.54) is 30.6 Å². The summed E-state index contributed by atoms with van der Waals surface area (Å²) >= 11 is 0. The Morgan fingerprint density at radius 1 is 1.08 bits per heavy atom. The van der Waals surface area contributed by atoms with Gasteiger partial charge in [0.05, 0.1) is 0 Å². The van der Waals surface area contributed by atoms with Gasteiger partial charge in [0.2, 0.25) is 0 Å². The van der Waals surface area contributed by atoms with Crippen molar-refractivity contribution in [2.24, 2.45) is 5.92 Å². The number of aliphatic hydroxyl groups excluding tert-OH is 1. The Hall–Kier alpha value is -1.63. The Labute approximate surface area is 155 Å². The van der Waals surface area contributed by atoms with Gasteiger partial charge in [0.25, 0.3) is 5.91 Å². The zero-order valence-electron chi connectivity index (χ0n) is 15.5. The molecule has 7 nitrogen and oxygen atoms in total. The molecule has 7 heteroatoms. The molecule has 2 fully saturated rings. The van der Waals surface area contributed by atoms with Crippen LogP contribution >= 0.6 is 0 Å². The van der Waals surface area contributed by atoms with Crippen molar-refractivity contribution >= 4 is 17.9 Å². The van der Waals surface area contributed by atoms with Crippen molar-refractivity contribution in [3.63, 3.8) is 0 Å². The fourth-order valence-corrected chi connectivity index (χ4v) is 4.13. The van der Waals surface area contributed by atoms with Crippen LogP contribution in [-0.2, 0) is 9.59 Å². The fraction of sp³-hybridized carbons (Fsp3) is 0.842. The first-order chi connectivity index (χ1) is 12.5. The summed E-state index contributed by atoms with van der Waals surface area (Å²) in [5.74, 6) is -0.383. The van der Waals surface area contributed by atoms with Crippen LogP contribution in [0.25, 0.3) is 0 Å². The maximum absolute atomic E-state index is 12.0. The van der Waals surface area contributed by atoms with E-state index >= 15 is 0 Å². The van der Waals surface area contributed by atoms with Crippen molar-refractivity contribution in [3.05, 3.63) is 0 Å². The largest absolute Gasteiger partial charge is 0.481 e. The molecule has 0 aromatic rings. The highest BCUT2D eigenvalue weighted by atomic mass is 16.4. The molecule has 2 atom stereocenters. The van der Waals surface area contributed by atoms with Crippen molar-refractivity contribution < 1.29 is 24.6 Å². The van der Waals surface area contributed by atoms with E-state index in [0.29, 0.717) is 19.3 Å². The molecule has 1 saturated heterocycles. The molecule has 148 valence electrons. The lowest BCUT2D eigenvalue weighted by molar-refractivity contribution is -0.137. The van der Waals surface area contributed by atoms with Gasteiger partial charge in [-0.25, -0.2) is 4.79 Å². The lowest BCUT2D eigenvalue weighted by atomic mass is 9.99. The van der Waals surface area contributed by atoms with Crippen molar-refractivity contribution in [1.29, 1.82) is 0 Å². The van der Waals surface area contributed by atoms with Crippen molar-refractivity contribution in [2.45, 2.75) is 95.7 Å². The van der Waals surface area contributed by atoms with Crippen LogP contribution in [0.3, 0.4) is 0 Å². The minimum atomic E-state index is -0.917. The minimum Gasteiger partial charge on any atom is -0.481 e. The number of aliphatic hydroxyl groups is 1. The summed E-state index contributed by atoms with van der Waals surface area (Å²) in [5.41, 5.74) is 0. The van der Waals surface area contributed by atoms with Gasteiger partial charge >= 0.3 is 12.0 Å². The van der Waals surface area contributed by atoms with Gasteiger partial charge in [-0.3, -0.25) is 19.8 Å². The van der Waals surface area contributed by atoms with Crippen LogP contribution in [0.1, 0.15) is 83.5 Å². The van der Waals surface area contributed by atoms with Crippen LogP contribution in [0, 0.1) is 5.92 Å². The molecule has 0 radical (unpaired) electrons. The Balaban J connectivity index is 1.71. The molecule has 0 aromatic heterocycles. The first-order valence-corrected chi connectivity index (χ1v) is 10.0. The quantitative estimate of drug-likeness (QED) is 0.363. The number of rotatable bonds is 12. The number of hydrogen-bond donors (Lipinski definition) is 3. The van der Waals surface area contributed by atoms with Crippen molar-refractivity contribution in [1.82, 2.24) is 10.2 Å². The summed E-state index contributed by atoms with van der Waals surface area (Å²) in [6.07, 6.45) is 10.3. The van der Waals surface area contributed by atoms with E-state index in [1.54, 1.807) is 0 Å². The molecule has 3 N–H and O–H groups in total. The van der Waals surface area contributed by atoms with E-state index in [4.69, 9.17) is 5.11 Å². The minimum absolute atomic E-state index is 0.161. The van der Waals surface area contributed by atoms with Crippen molar-refractivity contribution in [2.75, 3.05) is 0 Å². The first kappa shape index (κ1) is 20.7. The number of carboxylic acid groups (broad SMARTS) is 1. The fourth-order valence-electron chi connectivity index (χ4n) is 4.13. The van der Waals surface area contributed by atoms with Gasteiger partial charge in [0.15, 0.2) is 0 Å². The molecule has 0 spiro atoms. The summed E-state index contributed by atoms with van der Waals surface area (Å²) in [6.45, 7) is 0. The third-order valence-electron chi connectivity index (χ3n) is 5.59. The van der Waals surface area contributed by atoms with Gasteiger partial charge in [-0.1, -0.05) is 51.4 Å². The number of imide groups is 1. The van der Waals surface area contributed by atoms with Gasteiger partial charge in [0.1, 0.15) is 12.3 Å². The van der Waals surface area contributed by atoms with Crippen LogP contribution in [-0.4, -0.2) is 45.3 Å². The predicted molar refractivity (Wildman–Crippen MR) is 96.3 cm³/mol. The number of unbranched alkanes of at least 4 members (excludes halogenated alkanes) is 3. The molecule has 2 rings (SSSR count). The summed E-state index contributed by atoms with van der Waals surface area (Å²) in [6, 6.07) is -1.11. The van der Waals surface area contributed by atoms with Gasteiger partial charge < -0.3 is 10.2 Å². The highest BCUT2D eigenvalue weighted by Gasteiger charge is 2.41. The third-order valence-corrected chi connectivity index (χ3v) is 5.59. The summed E-state index contributed by atoms with van der Waals surface area (Å²) in [4.78, 5) is 35.8. The van der Waals surface area contributed by atoms with Gasteiger partial charge in [-0.15, -0.1) is 0 Å². The second-order valence-corrected chi connectivity index (χ2v) is 7.63. The summed E-state index contributed by atoms with van der Waals surface area (Å²) in [5, 5.41) is 21.4. The Kier molecular flexibility index (Phi) is 8.35. The normalized spacial score (nSPS) is 22.0. The molecule has 1 aliphatic heterocycles. The molecule has 2 unspecified atom stereocenters. The molecule has 1 aliphatic carbocycles. The zero-order chi connectivity index (χ0) is 18.9. The van der Waals surface area contributed by atoms with Gasteiger partial charge in [-0.05, 0) is 31.6 Å². The van der Waals surface area contributed by atoms with E-state index in [2.05, 4.69) is 5.32 Å². The number of hydrogen-bond acceptors (Lipinski definition) is 4. The number of carboxylic acids is 1. The van der Waals surface area contributed by atoms with Crippen LogP contribution < -0.4 is 5.32 Å². The Bertz CT molecular complexity index is 490. The molecule has 0 aromatic carbocycles. The SMILES string of the molecule is O=C(O)CCCCCCC1C(=O)NC(=O)N1C(O)CCCC1CCCC1. The smallest absolute Gasteiger partial charge is 0.326 e. The van der Waals surface area contributed by atoms with Crippen LogP contribution in [0.15, 0.2) is 0 Å². The van der Waals surface area contributed by atoms with E-state index in [-0.39, 0.29) is 12.3 Å². The lowest BCUT2D eigenvalue weighted by Gasteiger charge is -2.27. The lowest BCUT2D eigenvalue weighted by Crippen LogP contribution is -2.43. The average molecular weight is 368 g/mol. The predicted octanol–water partition coefficient (Wildman–Crippen LogP) is 3.01. The highest BCUT2D eigenvalue weighted by Crippen LogP contribution is 2.30. The summed E-state index contributed by atoms with van der Waals surface area (Å²) < 4.78 is 0. The molecule has 3 amide bonds. The molecular weight excluding hydrogens is 336 g/mol. The van der Waals surface area contributed by atoms with Crippen LogP contribution in [0.5, 0.6) is 0 Å². The van der Waals surface area contributed by atoms with E-state index < -0.39 is 24.3 Å². The van der Waals surface area contributed by atoms with Crippen LogP contribution in [0.2, 0.25) is 0 Å². The Morgan fingerprint density at radius 3 is 2.46 bits per heavy atom. The van der Waals surface area contributed by atoms with Crippen LogP contribution in [0.4, 0.5) is 4.79 Å². The molecular formula is C19H32N2O5. The monoisotopic (exact) mass is 368 g/mol. The van der Waals surface area contributed by atoms with E-state index in [9.17, 15) is 19.5 Å². The average Bonchev–Trinajstić information content (AvgIpc) is 3.18. The number of nitrogens with one attached hydrogen (secondary N) is 1. The molecule has 2 aliphatic rings. The number of nitrogens with zero attached hydrogens (tertiary/aromatic N) is 1. The second-order valence-electron chi connectivity index (χ2n) is 7.63. The molecule has 1 saturated carbocycles. The standard InChI is InChI=1S/C19H32N2O5/c22-16(12-7-10-14-8-5-6-9-14)21-15(18(25)20-19(21)26)11-3-1-2-4-13-17(23)24/h14-16,22H,1-13H2,(H,23,24)(H,20,25,26). The Morgan fingerprint density at radius 2 is 1.77 bits per heavy atom. The number of carbonyl (C=O) groups excluding carboxylic acids is 2. The van der Waals surface area contributed by atoms with E-state index in [0.717, 1.165) is 38.0 Å². The maximum Gasteiger partial charge on any atom is 0.326 e. The maximum atomic E-state index is 12.0. The number of aliphatic carboxylic acids is 1. The molecule has 1 heterocycles. The number of amides is 3.